The first-order valence-corrected chi connectivity index (χ1v) is 10.5. The van der Waals surface area contributed by atoms with E-state index < -0.39 is 11.6 Å². The largest absolute Gasteiger partial charge is 0.390 e. The third kappa shape index (κ3) is 4.58. The van der Waals surface area contributed by atoms with Crippen LogP contribution in [0.5, 0.6) is 0 Å². The van der Waals surface area contributed by atoms with Crippen LogP contribution in [-0.4, -0.2) is 29.8 Å². The molecule has 0 fully saturated rings. The van der Waals surface area contributed by atoms with E-state index in [-0.39, 0.29) is 18.2 Å². The monoisotopic (exact) mass is 450 g/mol. The molecule has 0 amide bonds. The Bertz CT molecular complexity index is 1300. The van der Waals surface area contributed by atoms with Gasteiger partial charge < -0.3 is 15.0 Å². The molecule has 0 unspecified atom stereocenters. The fourth-order valence-corrected chi connectivity index (χ4v) is 3.50. The van der Waals surface area contributed by atoms with Gasteiger partial charge in [-0.05, 0) is 69.2 Å². The number of imidazole rings is 1. The van der Waals surface area contributed by atoms with Crippen LogP contribution in [0.3, 0.4) is 0 Å². The minimum atomic E-state index is -0.586. The van der Waals surface area contributed by atoms with Crippen LogP contribution >= 0.6 is 0 Å². The molecular weight excluding hydrogens is 426 g/mol. The SMILES string of the molecule is Cc1cn(-c2ccc(-c3cc(C)c(N[C@@H](C)c4cc(F)c(C)c(F)c4)nn3)nc2CO)cn1. The van der Waals surface area contributed by atoms with Crippen molar-refractivity contribution in [3.63, 3.8) is 0 Å². The fourth-order valence-electron chi connectivity index (χ4n) is 3.50. The topological polar surface area (TPSA) is 88.8 Å². The van der Waals surface area contributed by atoms with Crippen LogP contribution in [0.25, 0.3) is 17.1 Å². The van der Waals surface area contributed by atoms with Crippen LogP contribution in [0.1, 0.15) is 41.0 Å². The Hall–Kier alpha value is -3.72. The van der Waals surface area contributed by atoms with Gasteiger partial charge in [-0.1, -0.05) is 0 Å². The van der Waals surface area contributed by atoms with Gasteiger partial charge in [0.15, 0.2) is 5.82 Å². The van der Waals surface area contributed by atoms with Crippen molar-refractivity contribution in [2.45, 2.75) is 40.3 Å². The molecule has 0 saturated carbocycles. The molecule has 3 aromatic heterocycles. The van der Waals surface area contributed by atoms with Crippen molar-refractivity contribution in [1.29, 1.82) is 0 Å². The quantitative estimate of drug-likeness (QED) is 0.447. The number of halogens is 2. The molecule has 0 bridgehead atoms. The van der Waals surface area contributed by atoms with E-state index in [1.54, 1.807) is 23.9 Å². The average Bonchev–Trinajstić information content (AvgIpc) is 3.23. The number of anilines is 1. The molecule has 0 aliphatic rings. The number of benzene rings is 1. The van der Waals surface area contributed by atoms with E-state index in [2.05, 4.69) is 25.5 Å². The number of hydrogen-bond acceptors (Lipinski definition) is 6. The summed E-state index contributed by atoms with van der Waals surface area (Å²) in [4.78, 5) is 8.76. The highest BCUT2D eigenvalue weighted by atomic mass is 19.1. The molecule has 0 radical (unpaired) electrons. The third-order valence-electron chi connectivity index (χ3n) is 5.49. The molecule has 33 heavy (non-hydrogen) atoms. The van der Waals surface area contributed by atoms with Gasteiger partial charge in [-0.2, -0.15) is 0 Å². The van der Waals surface area contributed by atoms with E-state index >= 15 is 0 Å². The molecule has 0 aliphatic heterocycles. The number of rotatable bonds is 6. The van der Waals surface area contributed by atoms with Gasteiger partial charge in [-0.25, -0.2) is 18.7 Å². The first-order valence-electron chi connectivity index (χ1n) is 10.5. The Morgan fingerprint density at radius 3 is 2.36 bits per heavy atom. The van der Waals surface area contributed by atoms with Crippen LogP contribution < -0.4 is 5.32 Å². The molecule has 1 aromatic carbocycles. The van der Waals surface area contributed by atoms with Crippen molar-refractivity contribution in [3.8, 4) is 17.1 Å². The Kier molecular flexibility index (Phi) is 6.15. The maximum atomic E-state index is 13.9. The predicted octanol–water partition coefficient (Wildman–Crippen LogP) is 4.59. The fraction of sp³-hybridized carbons (Fsp3) is 0.250. The summed E-state index contributed by atoms with van der Waals surface area (Å²) >= 11 is 0. The number of pyridine rings is 1. The summed E-state index contributed by atoms with van der Waals surface area (Å²) in [5.41, 5.74) is 4.45. The summed E-state index contributed by atoms with van der Waals surface area (Å²) in [6, 6.07) is 7.73. The standard InChI is InChI=1S/C24H24F2N6O/c1-13-7-21(20-5-6-23(22(11-33)29-20)32-10-14(2)27-12-32)30-31-24(13)28-16(4)17-8-18(25)15(3)19(26)9-17/h5-10,12,16,33H,11H2,1-4H3,(H,28,31)/t16-/m0/s1. The van der Waals surface area contributed by atoms with Crippen LogP contribution in [0.15, 0.2) is 42.9 Å². The van der Waals surface area contributed by atoms with Gasteiger partial charge in [-0.15, -0.1) is 10.2 Å². The van der Waals surface area contributed by atoms with Gasteiger partial charge in [0.25, 0.3) is 0 Å². The molecule has 0 spiro atoms. The summed E-state index contributed by atoms with van der Waals surface area (Å²) in [6.45, 7) is 6.70. The second-order valence-corrected chi connectivity index (χ2v) is 7.98. The zero-order chi connectivity index (χ0) is 23.7. The molecule has 170 valence electrons. The van der Waals surface area contributed by atoms with Gasteiger partial charge in [-0.3, -0.25) is 0 Å². The minimum Gasteiger partial charge on any atom is -0.390 e. The number of nitrogens with zero attached hydrogens (tertiary/aromatic N) is 5. The number of aryl methyl sites for hydroxylation is 2. The molecule has 7 nitrogen and oxygen atoms in total. The maximum absolute atomic E-state index is 13.9. The lowest BCUT2D eigenvalue weighted by molar-refractivity contribution is 0.276. The van der Waals surface area contributed by atoms with Crippen molar-refractivity contribution in [3.05, 3.63) is 82.6 Å². The number of nitrogens with one attached hydrogen (secondary N) is 1. The number of hydrogen-bond donors (Lipinski definition) is 2. The van der Waals surface area contributed by atoms with E-state index in [0.29, 0.717) is 28.5 Å². The lowest BCUT2D eigenvalue weighted by atomic mass is 10.0. The summed E-state index contributed by atoms with van der Waals surface area (Å²) in [5.74, 6) is -0.672. The highest BCUT2D eigenvalue weighted by Gasteiger charge is 2.15. The van der Waals surface area contributed by atoms with E-state index in [9.17, 15) is 13.9 Å². The molecule has 9 heteroatoms. The van der Waals surface area contributed by atoms with Crippen molar-refractivity contribution in [1.82, 2.24) is 24.7 Å². The predicted molar refractivity (Wildman–Crippen MR) is 121 cm³/mol. The van der Waals surface area contributed by atoms with Gasteiger partial charge in [0, 0.05) is 11.8 Å². The van der Waals surface area contributed by atoms with Crippen molar-refractivity contribution >= 4 is 5.82 Å². The van der Waals surface area contributed by atoms with E-state index in [4.69, 9.17) is 0 Å². The second kappa shape index (κ2) is 9.03. The molecule has 0 aliphatic carbocycles. The van der Waals surface area contributed by atoms with Gasteiger partial charge in [0.05, 0.1) is 41.7 Å². The highest BCUT2D eigenvalue weighted by Crippen LogP contribution is 2.26. The second-order valence-electron chi connectivity index (χ2n) is 7.98. The summed E-state index contributed by atoms with van der Waals surface area (Å²) in [5, 5.41) is 21.5. The lowest BCUT2D eigenvalue weighted by Crippen LogP contribution is -2.11. The van der Waals surface area contributed by atoms with Crippen LogP contribution in [0.2, 0.25) is 0 Å². The van der Waals surface area contributed by atoms with E-state index in [1.165, 1.54) is 19.1 Å². The zero-order valence-corrected chi connectivity index (χ0v) is 18.8. The molecule has 1 atom stereocenters. The van der Waals surface area contributed by atoms with Crippen molar-refractivity contribution in [2.75, 3.05) is 5.32 Å². The van der Waals surface area contributed by atoms with Crippen molar-refractivity contribution < 1.29 is 13.9 Å². The van der Waals surface area contributed by atoms with E-state index in [0.717, 1.165) is 16.9 Å². The molecule has 0 saturated heterocycles. The van der Waals surface area contributed by atoms with E-state index in [1.807, 2.05) is 32.2 Å². The van der Waals surface area contributed by atoms with Crippen LogP contribution in [0.4, 0.5) is 14.6 Å². The number of aliphatic hydroxyl groups is 1. The lowest BCUT2D eigenvalue weighted by Gasteiger charge is -2.17. The highest BCUT2D eigenvalue weighted by molar-refractivity contribution is 5.60. The zero-order valence-electron chi connectivity index (χ0n) is 18.8. The average molecular weight is 450 g/mol. The summed E-state index contributed by atoms with van der Waals surface area (Å²) in [6.07, 6.45) is 3.52. The third-order valence-corrected chi connectivity index (χ3v) is 5.49. The smallest absolute Gasteiger partial charge is 0.152 e. The Balaban J connectivity index is 1.59. The Morgan fingerprint density at radius 1 is 1.03 bits per heavy atom. The normalized spacial score (nSPS) is 12.1. The number of aliphatic hydroxyl groups excluding tert-OH is 1. The van der Waals surface area contributed by atoms with Gasteiger partial charge >= 0.3 is 0 Å². The van der Waals surface area contributed by atoms with Crippen LogP contribution in [0, 0.1) is 32.4 Å². The van der Waals surface area contributed by atoms with Crippen molar-refractivity contribution in [2.24, 2.45) is 0 Å². The first kappa shape index (κ1) is 22.5. The first-order chi connectivity index (χ1) is 15.8. The maximum Gasteiger partial charge on any atom is 0.152 e. The molecule has 4 rings (SSSR count). The van der Waals surface area contributed by atoms with Crippen LogP contribution in [-0.2, 0) is 6.61 Å². The molecule has 2 N–H and O–H groups in total. The molecular formula is C24H24F2N6O. The Morgan fingerprint density at radius 2 is 1.76 bits per heavy atom. The van der Waals surface area contributed by atoms with Gasteiger partial charge in [0.2, 0.25) is 0 Å². The minimum absolute atomic E-state index is 0.00443. The van der Waals surface area contributed by atoms with Gasteiger partial charge in [0.1, 0.15) is 17.3 Å². The summed E-state index contributed by atoms with van der Waals surface area (Å²) in [7, 11) is 0. The Labute approximate surface area is 190 Å². The molecule has 4 aromatic rings. The molecule has 3 heterocycles. The number of aromatic nitrogens is 5. The summed E-state index contributed by atoms with van der Waals surface area (Å²) < 4.78 is 29.7.